The summed E-state index contributed by atoms with van der Waals surface area (Å²) in [4.78, 5) is 23.4. The van der Waals surface area contributed by atoms with Crippen LogP contribution in [0.1, 0.15) is 16.8 Å². The summed E-state index contributed by atoms with van der Waals surface area (Å²) in [6, 6.07) is 10.4. The molecule has 2 aromatic rings. The van der Waals surface area contributed by atoms with Crippen LogP contribution in [-0.2, 0) is 19.6 Å². The first-order valence-electron chi connectivity index (χ1n) is 8.48. The zero-order valence-electron chi connectivity index (χ0n) is 16.1. The van der Waals surface area contributed by atoms with E-state index in [1.54, 1.807) is 24.3 Å². The van der Waals surface area contributed by atoms with Crippen molar-refractivity contribution >= 4 is 39.2 Å². The van der Waals surface area contributed by atoms with Gasteiger partial charge < -0.3 is 14.8 Å². The number of halogens is 1. The monoisotopic (exact) mass is 440 g/mol. The van der Waals surface area contributed by atoms with Crippen LogP contribution in [0.25, 0.3) is 0 Å². The van der Waals surface area contributed by atoms with Gasteiger partial charge in [-0.2, -0.15) is 0 Å². The van der Waals surface area contributed by atoms with Crippen molar-refractivity contribution in [1.29, 1.82) is 0 Å². The molecule has 2 rings (SSSR count). The minimum atomic E-state index is -3.94. The zero-order valence-corrected chi connectivity index (χ0v) is 17.7. The first kappa shape index (κ1) is 22.5. The molecule has 0 saturated carbocycles. The molecule has 0 saturated heterocycles. The number of amides is 1. The Balaban J connectivity index is 2.25. The fraction of sp³-hybridized carbons (Fsp3) is 0.263. The number of hydrogen-bond acceptors (Lipinski definition) is 6. The Morgan fingerprint density at radius 1 is 1.10 bits per heavy atom. The summed E-state index contributed by atoms with van der Waals surface area (Å²) in [6.45, 7) is 0.0323. The van der Waals surface area contributed by atoms with Gasteiger partial charge in [-0.05, 0) is 42.5 Å². The van der Waals surface area contributed by atoms with Crippen molar-refractivity contribution in [2.75, 3.05) is 32.1 Å². The highest BCUT2D eigenvalue weighted by Crippen LogP contribution is 2.27. The van der Waals surface area contributed by atoms with Crippen molar-refractivity contribution in [3.8, 4) is 5.75 Å². The molecule has 0 aliphatic rings. The topological polar surface area (TPSA) is 102 Å². The van der Waals surface area contributed by atoms with Crippen LogP contribution in [0.5, 0.6) is 5.75 Å². The van der Waals surface area contributed by atoms with Crippen LogP contribution in [0.15, 0.2) is 47.4 Å². The number of sulfonamides is 1. The van der Waals surface area contributed by atoms with Gasteiger partial charge in [0, 0.05) is 13.6 Å². The highest BCUT2D eigenvalue weighted by molar-refractivity contribution is 7.92. The minimum Gasteiger partial charge on any atom is -0.497 e. The van der Waals surface area contributed by atoms with Gasteiger partial charge in [0.1, 0.15) is 5.75 Å². The predicted octanol–water partition coefficient (Wildman–Crippen LogP) is 2.47. The number of carbonyl (C=O) groups excluding carboxylic acids is 2. The fourth-order valence-electron chi connectivity index (χ4n) is 2.40. The summed E-state index contributed by atoms with van der Waals surface area (Å²) in [5.41, 5.74) is 0.408. The van der Waals surface area contributed by atoms with Crippen LogP contribution >= 0.6 is 11.6 Å². The molecule has 1 N–H and O–H groups in total. The molecule has 0 aliphatic heterocycles. The third kappa shape index (κ3) is 5.39. The van der Waals surface area contributed by atoms with E-state index in [1.807, 2.05) is 0 Å². The van der Waals surface area contributed by atoms with E-state index in [0.717, 1.165) is 4.31 Å². The van der Waals surface area contributed by atoms with Crippen LogP contribution in [0.2, 0.25) is 5.02 Å². The molecule has 0 heterocycles. The molecule has 1 amide bonds. The number of rotatable bonds is 8. The van der Waals surface area contributed by atoms with E-state index < -0.39 is 21.9 Å². The van der Waals surface area contributed by atoms with Gasteiger partial charge in [-0.25, -0.2) is 8.42 Å². The molecule has 2 aromatic carbocycles. The van der Waals surface area contributed by atoms with Gasteiger partial charge in [0.05, 0.1) is 41.8 Å². The number of anilines is 1. The molecule has 0 radical (unpaired) electrons. The maximum Gasteiger partial charge on any atom is 0.307 e. The molecule has 10 heteroatoms. The zero-order chi connectivity index (χ0) is 21.6. The lowest BCUT2D eigenvalue weighted by molar-refractivity contribution is -0.140. The van der Waals surface area contributed by atoms with Gasteiger partial charge in [0.2, 0.25) is 0 Å². The van der Waals surface area contributed by atoms with Crippen LogP contribution in [0, 0.1) is 0 Å². The van der Waals surface area contributed by atoms with Crippen molar-refractivity contribution in [1.82, 2.24) is 5.32 Å². The lowest BCUT2D eigenvalue weighted by Gasteiger charge is -2.20. The van der Waals surface area contributed by atoms with Crippen LogP contribution in [0.4, 0.5) is 5.69 Å². The Labute approximate surface area is 174 Å². The van der Waals surface area contributed by atoms with Gasteiger partial charge in [0.15, 0.2) is 0 Å². The van der Waals surface area contributed by atoms with Crippen LogP contribution in [-0.4, -0.2) is 48.1 Å². The standard InChI is InChI=1S/C19H21ClN2O6S/c1-22(13-4-6-14(27-2)7-5-13)29(25,26)15-8-9-17(20)16(12-15)19(24)21-11-10-18(23)28-3/h4-9,12H,10-11H2,1-3H3,(H,21,24). The van der Waals surface area contributed by atoms with E-state index in [9.17, 15) is 18.0 Å². The summed E-state index contributed by atoms with van der Waals surface area (Å²) < 4.78 is 36.6. The minimum absolute atomic E-state index is 0.0132. The van der Waals surface area contributed by atoms with E-state index in [0.29, 0.717) is 11.4 Å². The lowest BCUT2D eigenvalue weighted by atomic mass is 10.2. The quantitative estimate of drug-likeness (QED) is 0.632. The number of carbonyl (C=O) groups is 2. The molecule has 29 heavy (non-hydrogen) atoms. The second-order valence-electron chi connectivity index (χ2n) is 5.89. The summed E-state index contributed by atoms with van der Waals surface area (Å²) in [5, 5.41) is 2.60. The number of benzene rings is 2. The van der Waals surface area contributed by atoms with Gasteiger partial charge in [-0.3, -0.25) is 13.9 Å². The Hall–Kier alpha value is -2.78. The van der Waals surface area contributed by atoms with Gasteiger partial charge in [-0.15, -0.1) is 0 Å². The normalized spacial score (nSPS) is 10.9. The van der Waals surface area contributed by atoms with Crippen molar-refractivity contribution in [3.05, 3.63) is 53.1 Å². The van der Waals surface area contributed by atoms with Crippen molar-refractivity contribution in [3.63, 3.8) is 0 Å². The van der Waals surface area contributed by atoms with E-state index in [1.165, 1.54) is 39.5 Å². The highest BCUT2D eigenvalue weighted by atomic mass is 35.5. The number of nitrogens with zero attached hydrogens (tertiary/aromatic N) is 1. The van der Waals surface area contributed by atoms with E-state index in [2.05, 4.69) is 10.1 Å². The first-order chi connectivity index (χ1) is 13.7. The third-order valence-corrected chi connectivity index (χ3v) is 6.23. The Morgan fingerprint density at radius 3 is 2.34 bits per heavy atom. The lowest BCUT2D eigenvalue weighted by Crippen LogP contribution is -2.28. The smallest absolute Gasteiger partial charge is 0.307 e. The molecule has 0 aliphatic carbocycles. The van der Waals surface area contributed by atoms with Crippen molar-refractivity contribution in [2.24, 2.45) is 0 Å². The number of ether oxygens (including phenoxy) is 2. The summed E-state index contributed by atoms with van der Waals surface area (Å²) >= 11 is 6.07. The van der Waals surface area contributed by atoms with Crippen LogP contribution < -0.4 is 14.4 Å². The summed E-state index contributed by atoms with van der Waals surface area (Å²) in [5.74, 6) is -0.478. The third-order valence-electron chi connectivity index (χ3n) is 4.12. The number of hydrogen-bond donors (Lipinski definition) is 1. The van der Waals surface area contributed by atoms with E-state index in [-0.39, 0.29) is 28.4 Å². The predicted molar refractivity (Wildman–Crippen MR) is 109 cm³/mol. The molecule has 0 aromatic heterocycles. The number of esters is 1. The molecule has 0 bridgehead atoms. The molecule has 0 atom stereocenters. The number of nitrogens with one attached hydrogen (secondary N) is 1. The Bertz CT molecular complexity index is 992. The fourth-order valence-corrected chi connectivity index (χ4v) is 3.83. The molecule has 0 spiro atoms. The van der Waals surface area contributed by atoms with Gasteiger partial charge >= 0.3 is 5.97 Å². The van der Waals surface area contributed by atoms with Crippen molar-refractivity contribution in [2.45, 2.75) is 11.3 Å². The van der Waals surface area contributed by atoms with Crippen LogP contribution in [0.3, 0.4) is 0 Å². The molecule has 0 fully saturated rings. The van der Waals surface area contributed by atoms with E-state index in [4.69, 9.17) is 16.3 Å². The summed E-state index contributed by atoms with van der Waals surface area (Å²) in [7, 11) is 0.222. The SMILES string of the molecule is COC(=O)CCNC(=O)c1cc(S(=O)(=O)N(C)c2ccc(OC)cc2)ccc1Cl. The molecular weight excluding hydrogens is 420 g/mol. The van der Waals surface area contributed by atoms with Gasteiger partial charge in [0.25, 0.3) is 15.9 Å². The van der Waals surface area contributed by atoms with E-state index >= 15 is 0 Å². The maximum absolute atomic E-state index is 13.0. The molecule has 156 valence electrons. The summed E-state index contributed by atoms with van der Waals surface area (Å²) in [6.07, 6.45) is -0.0158. The van der Waals surface area contributed by atoms with Crippen molar-refractivity contribution < 1.29 is 27.5 Å². The average Bonchev–Trinajstić information content (AvgIpc) is 2.73. The average molecular weight is 441 g/mol. The highest BCUT2D eigenvalue weighted by Gasteiger charge is 2.24. The first-order valence-corrected chi connectivity index (χ1v) is 10.3. The largest absolute Gasteiger partial charge is 0.497 e. The molecule has 8 nitrogen and oxygen atoms in total. The second-order valence-corrected chi connectivity index (χ2v) is 8.27. The maximum atomic E-state index is 13.0. The number of methoxy groups -OCH3 is 2. The Morgan fingerprint density at radius 2 is 1.76 bits per heavy atom. The Kier molecular flexibility index (Phi) is 7.46. The van der Waals surface area contributed by atoms with Gasteiger partial charge in [-0.1, -0.05) is 11.6 Å². The molecule has 0 unspecified atom stereocenters. The second kappa shape index (κ2) is 9.62. The molecular formula is C19H21ClN2O6S.